The number of aryl methyl sites for hydroxylation is 1. The molecule has 0 aromatic carbocycles. The van der Waals surface area contributed by atoms with E-state index in [2.05, 4.69) is 24.1 Å². The second kappa shape index (κ2) is 6.19. The summed E-state index contributed by atoms with van der Waals surface area (Å²) in [5.74, 6) is 2.20. The van der Waals surface area contributed by atoms with E-state index < -0.39 is 0 Å². The van der Waals surface area contributed by atoms with Gasteiger partial charge in [-0.25, -0.2) is 0 Å². The minimum atomic E-state index is 0.310. The van der Waals surface area contributed by atoms with Gasteiger partial charge in [0.2, 0.25) is 0 Å². The van der Waals surface area contributed by atoms with Gasteiger partial charge < -0.3 is 10.1 Å². The summed E-state index contributed by atoms with van der Waals surface area (Å²) in [5, 5.41) is 3.43. The number of hydrogen-bond acceptors (Lipinski definition) is 3. The summed E-state index contributed by atoms with van der Waals surface area (Å²) in [6, 6.07) is 4.03. The fourth-order valence-electron chi connectivity index (χ4n) is 2.49. The molecule has 0 amide bonds. The highest BCUT2D eigenvalue weighted by atomic mass is 16.5. The van der Waals surface area contributed by atoms with E-state index in [1.54, 1.807) is 0 Å². The molecule has 2 rings (SSSR count). The molecule has 0 spiro atoms. The van der Waals surface area contributed by atoms with Gasteiger partial charge in [0, 0.05) is 18.2 Å². The Kier molecular flexibility index (Phi) is 4.59. The molecule has 0 aliphatic carbocycles. The van der Waals surface area contributed by atoms with E-state index >= 15 is 0 Å². The van der Waals surface area contributed by atoms with E-state index in [-0.39, 0.29) is 0 Å². The fraction of sp³-hybridized carbons (Fsp3) is 0.667. The summed E-state index contributed by atoms with van der Waals surface area (Å²) in [6.45, 7) is 8.71. The molecule has 0 radical (unpaired) electrons. The highest BCUT2D eigenvalue weighted by Crippen LogP contribution is 2.24. The van der Waals surface area contributed by atoms with Crippen LogP contribution in [0.25, 0.3) is 0 Å². The zero-order valence-electron chi connectivity index (χ0n) is 11.6. The molecule has 1 aromatic rings. The van der Waals surface area contributed by atoms with Crippen LogP contribution in [0.1, 0.15) is 32.4 Å². The molecule has 0 bridgehead atoms. The summed E-state index contributed by atoms with van der Waals surface area (Å²) in [5.41, 5.74) is 1.03. The number of nitrogens with zero attached hydrogens (tertiary/aromatic N) is 1. The molecule has 1 aliphatic rings. The SMILES string of the molecule is Cc1ccc(OC(CC(C)C)[C@H]2CCNC2)cn1. The third-order valence-electron chi connectivity index (χ3n) is 3.50. The van der Waals surface area contributed by atoms with E-state index in [4.69, 9.17) is 4.74 Å². The van der Waals surface area contributed by atoms with Crippen molar-refractivity contribution in [1.29, 1.82) is 0 Å². The minimum absolute atomic E-state index is 0.310. The predicted molar refractivity (Wildman–Crippen MR) is 73.8 cm³/mol. The van der Waals surface area contributed by atoms with Crippen molar-refractivity contribution in [2.45, 2.75) is 39.7 Å². The Morgan fingerprint density at radius 1 is 1.44 bits per heavy atom. The quantitative estimate of drug-likeness (QED) is 0.870. The first kappa shape index (κ1) is 13.3. The van der Waals surface area contributed by atoms with E-state index in [9.17, 15) is 0 Å². The van der Waals surface area contributed by atoms with Crippen molar-refractivity contribution in [3.63, 3.8) is 0 Å². The first-order valence-electron chi connectivity index (χ1n) is 6.95. The van der Waals surface area contributed by atoms with Crippen molar-refractivity contribution in [2.75, 3.05) is 13.1 Å². The van der Waals surface area contributed by atoms with Crippen molar-refractivity contribution in [1.82, 2.24) is 10.3 Å². The van der Waals surface area contributed by atoms with Gasteiger partial charge in [0.25, 0.3) is 0 Å². The van der Waals surface area contributed by atoms with Crippen LogP contribution in [-0.2, 0) is 0 Å². The van der Waals surface area contributed by atoms with Crippen LogP contribution in [0.3, 0.4) is 0 Å². The average molecular weight is 248 g/mol. The predicted octanol–water partition coefficient (Wildman–Crippen LogP) is 2.79. The third-order valence-corrected chi connectivity index (χ3v) is 3.50. The first-order chi connectivity index (χ1) is 8.65. The molecule has 1 aromatic heterocycles. The molecule has 1 aliphatic heterocycles. The Balaban J connectivity index is 2.01. The standard InChI is InChI=1S/C15H24N2O/c1-11(2)8-15(13-6-7-16-9-13)18-14-5-4-12(3)17-10-14/h4-5,10-11,13,15-16H,6-9H2,1-3H3/t13-,15?/m0/s1. The zero-order chi connectivity index (χ0) is 13.0. The number of aromatic nitrogens is 1. The first-order valence-corrected chi connectivity index (χ1v) is 6.95. The number of hydrogen-bond donors (Lipinski definition) is 1. The zero-order valence-corrected chi connectivity index (χ0v) is 11.6. The van der Waals surface area contributed by atoms with Gasteiger partial charge in [-0.1, -0.05) is 13.8 Å². The minimum Gasteiger partial charge on any atom is -0.488 e. The molecular formula is C15H24N2O. The van der Waals surface area contributed by atoms with Gasteiger partial charge in [-0.2, -0.15) is 0 Å². The Labute approximate surface area is 110 Å². The number of pyridine rings is 1. The van der Waals surface area contributed by atoms with E-state index in [0.29, 0.717) is 17.9 Å². The molecule has 2 atom stereocenters. The molecule has 1 fully saturated rings. The Hall–Kier alpha value is -1.09. The smallest absolute Gasteiger partial charge is 0.138 e. The van der Waals surface area contributed by atoms with Crippen molar-refractivity contribution in [3.05, 3.63) is 24.0 Å². The topological polar surface area (TPSA) is 34.1 Å². The summed E-state index contributed by atoms with van der Waals surface area (Å²) in [7, 11) is 0. The van der Waals surface area contributed by atoms with Crippen molar-refractivity contribution in [3.8, 4) is 5.75 Å². The van der Waals surface area contributed by atoms with Gasteiger partial charge in [0.15, 0.2) is 0 Å². The lowest BCUT2D eigenvalue weighted by atomic mass is 9.93. The molecule has 3 nitrogen and oxygen atoms in total. The van der Waals surface area contributed by atoms with Gasteiger partial charge in [-0.05, 0) is 44.4 Å². The lowest BCUT2D eigenvalue weighted by Gasteiger charge is -2.25. The Bertz CT molecular complexity index is 355. The number of ether oxygens (including phenoxy) is 1. The van der Waals surface area contributed by atoms with Crippen LogP contribution in [0.4, 0.5) is 0 Å². The molecule has 18 heavy (non-hydrogen) atoms. The highest BCUT2D eigenvalue weighted by molar-refractivity contribution is 5.19. The molecule has 1 unspecified atom stereocenters. The summed E-state index contributed by atoms with van der Waals surface area (Å²) in [6.07, 6.45) is 4.48. The molecule has 0 saturated carbocycles. The van der Waals surface area contributed by atoms with Gasteiger partial charge in [-0.3, -0.25) is 4.98 Å². The molecule has 100 valence electrons. The number of nitrogens with one attached hydrogen (secondary N) is 1. The maximum atomic E-state index is 6.16. The van der Waals surface area contributed by atoms with Crippen molar-refractivity contribution >= 4 is 0 Å². The van der Waals surface area contributed by atoms with Crippen LogP contribution >= 0.6 is 0 Å². The molecule has 2 heterocycles. The molecule has 1 N–H and O–H groups in total. The van der Waals surface area contributed by atoms with Crippen LogP contribution in [-0.4, -0.2) is 24.2 Å². The summed E-state index contributed by atoms with van der Waals surface area (Å²) in [4.78, 5) is 4.30. The largest absolute Gasteiger partial charge is 0.488 e. The second-order valence-corrected chi connectivity index (χ2v) is 5.67. The molecular weight excluding hydrogens is 224 g/mol. The van der Waals surface area contributed by atoms with Crippen molar-refractivity contribution in [2.24, 2.45) is 11.8 Å². The fourth-order valence-corrected chi connectivity index (χ4v) is 2.49. The maximum Gasteiger partial charge on any atom is 0.138 e. The van der Waals surface area contributed by atoms with Gasteiger partial charge >= 0.3 is 0 Å². The maximum absolute atomic E-state index is 6.16. The van der Waals surface area contributed by atoms with Gasteiger partial charge in [-0.15, -0.1) is 0 Å². The summed E-state index contributed by atoms with van der Waals surface area (Å²) < 4.78 is 6.16. The second-order valence-electron chi connectivity index (χ2n) is 5.67. The molecule has 3 heteroatoms. The highest BCUT2D eigenvalue weighted by Gasteiger charge is 2.27. The van der Waals surface area contributed by atoms with Crippen LogP contribution in [0, 0.1) is 18.8 Å². The number of rotatable bonds is 5. The van der Waals surface area contributed by atoms with Crippen molar-refractivity contribution < 1.29 is 4.74 Å². The summed E-state index contributed by atoms with van der Waals surface area (Å²) >= 11 is 0. The normalized spacial score (nSPS) is 21.2. The van der Waals surface area contributed by atoms with Crippen LogP contribution in [0.2, 0.25) is 0 Å². The lowest BCUT2D eigenvalue weighted by Crippen LogP contribution is -2.30. The van der Waals surface area contributed by atoms with Crippen LogP contribution < -0.4 is 10.1 Å². The Morgan fingerprint density at radius 3 is 2.83 bits per heavy atom. The Morgan fingerprint density at radius 2 is 2.28 bits per heavy atom. The molecule has 1 saturated heterocycles. The van der Waals surface area contributed by atoms with E-state index in [1.165, 1.54) is 6.42 Å². The average Bonchev–Trinajstić information content (AvgIpc) is 2.84. The lowest BCUT2D eigenvalue weighted by molar-refractivity contribution is 0.119. The monoisotopic (exact) mass is 248 g/mol. The van der Waals surface area contributed by atoms with E-state index in [0.717, 1.165) is 31.0 Å². The van der Waals surface area contributed by atoms with Gasteiger partial charge in [0.1, 0.15) is 11.9 Å². The van der Waals surface area contributed by atoms with Crippen LogP contribution in [0.5, 0.6) is 5.75 Å². The van der Waals surface area contributed by atoms with Crippen LogP contribution in [0.15, 0.2) is 18.3 Å². The van der Waals surface area contributed by atoms with E-state index in [1.807, 2.05) is 25.3 Å². The van der Waals surface area contributed by atoms with Gasteiger partial charge in [0.05, 0.1) is 6.20 Å². The third kappa shape index (κ3) is 3.70.